The normalized spacial score (nSPS) is 18.8. The van der Waals surface area contributed by atoms with Crippen molar-refractivity contribution in [3.63, 3.8) is 0 Å². The van der Waals surface area contributed by atoms with E-state index >= 15 is 0 Å². The minimum atomic E-state index is -4.13. The van der Waals surface area contributed by atoms with Crippen LogP contribution in [0.25, 0.3) is 16.5 Å². The molecule has 13 heteroatoms. The number of thiol groups is 1. The Morgan fingerprint density at radius 2 is 1.64 bits per heavy atom. The van der Waals surface area contributed by atoms with Crippen molar-refractivity contribution in [2.75, 3.05) is 12.8 Å². The van der Waals surface area contributed by atoms with Crippen LogP contribution in [0.5, 0.6) is 0 Å². The molecule has 3 aromatic carbocycles. The molecule has 0 bridgehead atoms. The molecule has 5 rings (SSSR count). The predicted octanol–water partition coefficient (Wildman–Crippen LogP) is 5.13. The van der Waals surface area contributed by atoms with Crippen LogP contribution in [0.2, 0.25) is 0 Å². The summed E-state index contributed by atoms with van der Waals surface area (Å²) in [5.74, 6) is -6.67. The lowest BCUT2D eigenvalue weighted by molar-refractivity contribution is 0.375. The third kappa shape index (κ3) is 4.07. The SMILES string of the molecule is CSc1nnc([C@@H]2C[C@@H](S)CN2S(=O)(=O)c2ccc3ccccc3c2)n1-c1c(F)c(F)cc(F)c1F. The Morgan fingerprint density at radius 1 is 0.972 bits per heavy atom. The second-order valence-electron chi connectivity index (χ2n) is 8.19. The molecule has 36 heavy (non-hydrogen) atoms. The fraction of sp³-hybridized carbons (Fsp3) is 0.217. The van der Waals surface area contributed by atoms with Crippen molar-refractivity contribution in [3.05, 3.63) is 77.6 Å². The fourth-order valence-electron chi connectivity index (χ4n) is 4.34. The Labute approximate surface area is 213 Å². The van der Waals surface area contributed by atoms with Gasteiger partial charge in [0.1, 0.15) is 5.69 Å². The van der Waals surface area contributed by atoms with Crippen LogP contribution >= 0.6 is 24.4 Å². The molecule has 1 aliphatic rings. The van der Waals surface area contributed by atoms with E-state index in [-0.39, 0.29) is 34.9 Å². The summed E-state index contributed by atoms with van der Waals surface area (Å²) >= 11 is 5.38. The zero-order valence-corrected chi connectivity index (χ0v) is 21.1. The Balaban J connectivity index is 1.67. The van der Waals surface area contributed by atoms with Crippen LogP contribution < -0.4 is 0 Å². The molecule has 0 amide bonds. The number of benzene rings is 3. The largest absolute Gasteiger partial charge is 0.267 e. The van der Waals surface area contributed by atoms with E-state index < -0.39 is 50.3 Å². The number of hydrogen-bond acceptors (Lipinski definition) is 6. The first-order valence-electron chi connectivity index (χ1n) is 10.6. The molecule has 1 saturated heterocycles. The summed E-state index contributed by atoms with van der Waals surface area (Å²) in [4.78, 5) is 0.0129. The van der Waals surface area contributed by atoms with Gasteiger partial charge in [0.05, 0.1) is 10.9 Å². The monoisotopic (exact) mass is 554 g/mol. The van der Waals surface area contributed by atoms with Crippen molar-refractivity contribution in [2.24, 2.45) is 0 Å². The van der Waals surface area contributed by atoms with Crippen molar-refractivity contribution >= 4 is 45.2 Å². The maximum atomic E-state index is 14.8. The van der Waals surface area contributed by atoms with Crippen LogP contribution in [0.3, 0.4) is 0 Å². The van der Waals surface area contributed by atoms with Gasteiger partial charge in [0.25, 0.3) is 0 Å². The van der Waals surface area contributed by atoms with Crippen molar-refractivity contribution in [3.8, 4) is 5.69 Å². The summed E-state index contributed by atoms with van der Waals surface area (Å²) in [6.07, 6.45) is 1.67. The summed E-state index contributed by atoms with van der Waals surface area (Å²) in [5.41, 5.74) is -1.05. The highest BCUT2D eigenvalue weighted by Gasteiger charge is 2.43. The molecule has 1 aromatic heterocycles. The molecular weight excluding hydrogens is 536 g/mol. The molecule has 2 heterocycles. The number of rotatable bonds is 5. The third-order valence-corrected chi connectivity index (χ3v) is 8.89. The van der Waals surface area contributed by atoms with Gasteiger partial charge in [-0.25, -0.2) is 26.0 Å². The highest BCUT2D eigenvalue weighted by atomic mass is 32.2. The van der Waals surface area contributed by atoms with Crippen molar-refractivity contribution in [1.29, 1.82) is 0 Å². The third-order valence-electron chi connectivity index (χ3n) is 6.01. The Morgan fingerprint density at radius 3 is 2.31 bits per heavy atom. The highest BCUT2D eigenvalue weighted by molar-refractivity contribution is 7.98. The first-order chi connectivity index (χ1) is 17.1. The molecule has 0 saturated carbocycles. The van der Waals surface area contributed by atoms with Crippen molar-refractivity contribution < 1.29 is 26.0 Å². The van der Waals surface area contributed by atoms with E-state index in [4.69, 9.17) is 0 Å². The minimum absolute atomic E-state index is 0.0129. The average Bonchev–Trinajstić information content (AvgIpc) is 3.46. The fourth-order valence-corrected chi connectivity index (χ4v) is 7.00. The van der Waals surface area contributed by atoms with Gasteiger partial charge in [-0.05, 0) is 35.6 Å². The van der Waals surface area contributed by atoms with Gasteiger partial charge < -0.3 is 0 Å². The number of sulfonamides is 1. The second kappa shape index (κ2) is 9.36. The van der Waals surface area contributed by atoms with Crippen LogP contribution in [0, 0.1) is 23.3 Å². The van der Waals surface area contributed by atoms with Gasteiger partial charge in [0, 0.05) is 17.9 Å². The number of nitrogens with zero attached hydrogens (tertiary/aromatic N) is 4. The van der Waals surface area contributed by atoms with E-state index in [1.54, 1.807) is 18.2 Å². The lowest BCUT2D eigenvalue weighted by Crippen LogP contribution is -2.33. The summed E-state index contributed by atoms with van der Waals surface area (Å²) in [6.45, 7) is -0.0210. The maximum Gasteiger partial charge on any atom is 0.243 e. The molecule has 0 aliphatic carbocycles. The molecule has 0 N–H and O–H groups in total. The number of halogens is 4. The van der Waals surface area contributed by atoms with Gasteiger partial charge in [-0.15, -0.1) is 10.2 Å². The molecule has 0 unspecified atom stereocenters. The molecule has 4 aromatic rings. The molecule has 1 fully saturated rings. The topological polar surface area (TPSA) is 68.1 Å². The Bertz CT molecular complexity index is 1570. The second-order valence-corrected chi connectivity index (χ2v) is 11.6. The summed E-state index contributed by atoms with van der Waals surface area (Å²) in [5, 5.41) is 8.96. The van der Waals surface area contributed by atoms with Crippen LogP contribution in [-0.4, -0.2) is 45.5 Å². The van der Waals surface area contributed by atoms with Crippen LogP contribution in [-0.2, 0) is 10.0 Å². The zero-order valence-electron chi connectivity index (χ0n) is 18.6. The molecule has 1 aliphatic heterocycles. The van der Waals surface area contributed by atoms with Gasteiger partial charge in [0.2, 0.25) is 10.0 Å². The minimum Gasteiger partial charge on any atom is -0.267 e. The van der Waals surface area contributed by atoms with E-state index in [2.05, 4.69) is 22.8 Å². The predicted molar refractivity (Wildman–Crippen MR) is 131 cm³/mol. The first-order valence-corrected chi connectivity index (χ1v) is 13.8. The number of aromatic nitrogens is 3. The molecule has 0 radical (unpaired) electrons. The molecule has 2 atom stereocenters. The zero-order chi connectivity index (χ0) is 25.8. The molecule has 6 nitrogen and oxygen atoms in total. The molecular formula is C23H18F4N4O2S3. The number of hydrogen-bond donors (Lipinski definition) is 1. The van der Waals surface area contributed by atoms with Crippen LogP contribution in [0.1, 0.15) is 18.3 Å². The lowest BCUT2D eigenvalue weighted by atomic mass is 10.1. The Hall–Kier alpha value is -2.61. The van der Waals surface area contributed by atoms with Gasteiger partial charge in [-0.2, -0.15) is 16.9 Å². The number of thioether (sulfide) groups is 1. The summed E-state index contributed by atoms with van der Waals surface area (Å²) in [7, 11) is -4.13. The number of fused-ring (bicyclic) bond motifs is 1. The quantitative estimate of drug-likeness (QED) is 0.160. The smallest absolute Gasteiger partial charge is 0.243 e. The maximum absolute atomic E-state index is 14.8. The van der Waals surface area contributed by atoms with Crippen LogP contribution in [0.4, 0.5) is 17.6 Å². The van der Waals surface area contributed by atoms with E-state index in [0.717, 1.165) is 26.0 Å². The van der Waals surface area contributed by atoms with E-state index in [1.165, 1.54) is 18.4 Å². The van der Waals surface area contributed by atoms with Crippen LogP contribution in [0.15, 0.2) is 58.6 Å². The standard InChI is InChI=1S/C23H18F4N4O2S3/c1-35-23-29-28-22(31(23)21-19(26)16(24)10-17(25)20(21)27)18-9-14(34)11-30(18)36(32,33)15-7-6-12-4-2-3-5-13(12)8-15/h2-8,10,14,18,34H,9,11H2,1H3/t14-,18+/m1/s1. The van der Waals surface area contributed by atoms with Gasteiger partial charge in [-0.1, -0.05) is 42.1 Å². The van der Waals surface area contributed by atoms with E-state index in [9.17, 15) is 26.0 Å². The first kappa shape index (κ1) is 25.1. The van der Waals surface area contributed by atoms with Gasteiger partial charge >= 0.3 is 0 Å². The van der Waals surface area contributed by atoms with Gasteiger partial charge in [-0.3, -0.25) is 4.57 Å². The molecule has 188 valence electrons. The molecule has 0 spiro atoms. The average molecular weight is 555 g/mol. The summed E-state index contributed by atoms with van der Waals surface area (Å²) in [6, 6.07) is 11.0. The van der Waals surface area contributed by atoms with E-state index in [1.807, 2.05) is 12.1 Å². The van der Waals surface area contributed by atoms with Crippen molar-refractivity contribution in [2.45, 2.75) is 27.8 Å². The highest BCUT2D eigenvalue weighted by Crippen LogP contribution is 2.41. The van der Waals surface area contributed by atoms with Gasteiger partial charge in [0.15, 0.2) is 34.2 Å². The van der Waals surface area contributed by atoms with Crippen molar-refractivity contribution in [1.82, 2.24) is 19.1 Å². The van der Waals surface area contributed by atoms with E-state index in [0.29, 0.717) is 5.39 Å². The Kier molecular flexibility index (Phi) is 6.52. The lowest BCUT2D eigenvalue weighted by Gasteiger charge is -2.24. The summed E-state index contributed by atoms with van der Waals surface area (Å²) < 4.78 is 87.2.